The van der Waals surface area contributed by atoms with E-state index in [4.69, 9.17) is 0 Å². The highest BCUT2D eigenvalue weighted by molar-refractivity contribution is 6.52. The van der Waals surface area contributed by atoms with Gasteiger partial charge in [0.2, 0.25) is 11.6 Å². The van der Waals surface area contributed by atoms with E-state index in [-0.39, 0.29) is 5.76 Å². The van der Waals surface area contributed by atoms with Crippen molar-refractivity contribution in [3.8, 4) is 0 Å². The topological polar surface area (TPSA) is 54.4 Å². The van der Waals surface area contributed by atoms with E-state index >= 15 is 0 Å². The molecule has 1 aromatic rings. The van der Waals surface area contributed by atoms with E-state index in [0.29, 0.717) is 29.0 Å². The number of hydrogen-bond donors (Lipinski definition) is 1. The fraction of sp³-hybridized carbons (Fsp3) is 0.444. The number of unbranched alkanes of at least 4 members (excludes halogenated alkanes) is 1. The van der Waals surface area contributed by atoms with Gasteiger partial charge in [0.05, 0.1) is 0 Å². The van der Waals surface area contributed by atoms with E-state index in [9.17, 15) is 14.7 Å². The maximum absolute atomic E-state index is 12.3. The molecular weight excluding hydrogens is 264 g/mol. The van der Waals surface area contributed by atoms with Crippen molar-refractivity contribution in [1.29, 1.82) is 0 Å². The van der Waals surface area contributed by atoms with Crippen LogP contribution in [0, 0.1) is 5.92 Å². The maximum atomic E-state index is 12.3. The van der Waals surface area contributed by atoms with Crippen LogP contribution in [0.5, 0.6) is 0 Å². The number of Topliss-reactive ketones (excluding diaryl/α,β-unsaturated/α-hetero) is 2. The zero-order valence-corrected chi connectivity index (χ0v) is 12.7. The molecule has 0 fully saturated rings. The molecular formula is C18H22O3. The predicted octanol–water partition coefficient (Wildman–Crippen LogP) is 4.33. The predicted molar refractivity (Wildman–Crippen MR) is 83.3 cm³/mol. The molecule has 3 nitrogen and oxygen atoms in total. The van der Waals surface area contributed by atoms with Crippen molar-refractivity contribution in [3.63, 3.8) is 0 Å². The molecule has 2 rings (SSSR count). The van der Waals surface area contributed by atoms with E-state index in [0.717, 1.165) is 25.7 Å². The molecule has 0 heterocycles. The Morgan fingerprint density at radius 1 is 1.05 bits per heavy atom. The summed E-state index contributed by atoms with van der Waals surface area (Å²) >= 11 is 0. The average Bonchev–Trinajstić information content (AvgIpc) is 2.52. The van der Waals surface area contributed by atoms with Gasteiger partial charge in [0.15, 0.2) is 0 Å². The summed E-state index contributed by atoms with van der Waals surface area (Å²) < 4.78 is 0. The fourth-order valence-corrected chi connectivity index (χ4v) is 2.84. The highest BCUT2D eigenvalue weighted by Crippen LogP contribution is 2.32. The van der Waals surface area contributed by atoms with Crippen LogP contribution in [0.15, 0.2) is 29.8 Å². The van der Waals surface area contributed by atoms with Gasteiger partial charge in [0.25, 0.3) is 0 Å². The monoisotopic (exact) mass is 286 g/mol. The van der Waals surface area contributed by atoms with E-state index in [1.807, 2.05) is 0 Å². The second-order valence-corrected chi connectivity index (χ2v) is 5.65. The summed E-state index contributed by atoms with van der Waals surface area (Å²) in [5.74, 6) is -0.709. The smallest absolute Gasteiger partial charge is 0.234 e. The van der Waals surface area contributed by atoms with Gasteiger partial charge < -0.3 is 5.11 Å². The minimum absolute atomic E-state index is 0.00912. The summed E-state index contributed by atoms with van der Waals surface area (Å²) in [5, 5.41) is 10.4. The van der Waals surface area contributed by atoms with Crippen LogP contribution in [-0.4, -0.2) is 16.7 Å². The number of hydrogen-bond acceptors (Lipinski definition) is 3. The van der Waals surface area contributed by atoms with Crippen LogP contribution in [0.4, 0.5) is 0 Å². The number of rotatable bonds is 6. The van der Waals surface area contributed by atoms with Gasteiger partial charge in [-0.3, -0.25) is 9.59 Å². The van der Waals surface area contributed by atoms with Crippen LogP contribution >= 0.6 is 0 Å². The summed E-state index contributed by atoms with van der Waals surface area (Å²) in [6, 6.07) is 6.77. The summed E-state index contributed by atoms with van der Waals surface area (Å²) in [7, 11) is 0. The molecule has 1 aliphatic rings. The molecule has 3 heteroatoms. The first-order valence-electron chi connectivity index (χ1n) is 7.70. The molecule has 1 unspecified atom stereocenters. The van der Waals surface area contributed by atoms with Crippen LogP contribution in [0.2, 0.25) is 0 Å². The van der Waals surface area contributed by atoms with E-state index in [1.54, 1.807) is 24.3 Å². The first-order chi connectivity index (χ1) is 10.1. The Hall–Kier alpha value is -1.90. The molecule has 21 heavy (non-hydrogen) atoms. The number of fused-ring (bicyclic) bond motifs is 1. The molecule has 1 aliphatic carbocycles. The number of aliphatic hydroxyl groups is 1. The van der Waals surface area contributed by atoms with Crippen molar-refractivity contribution >= 4 is 17.3 Å². The Balaban J connectivity index is 2.33. The summed E-state index contributed by atoms with van der Waals surface area (Å²) in [6.07, 6.45) is 4.66. The van der Waals surface area contributed by atoms with Gasteiger partial charge in [0, 0.05) is 16.7 Å². The minimum Gasteiger partial charge on any atom is -0.507 e. The Bertz CT molecular complexity index is 584. The molecule has 0 amide bonds. The molecule has 112 valence electrons. The lowest BCUT2D eigenvalue weighted by atomic mass is 9.82. The van der Waals surface area contributed by atoms with E-state index in [2.05, 4.69) is 13.8 Å². The number of benzene rings is 1. The van der Waals surface area contributed by atoms with Crippen LogP contribution in [0.3, 0.4) is 0 Å². The highest BCUT2D eigenvalue weighted by Gasteiger charge is 2.33. The third-order valence-corrected chi connectivity index (χ3v) is 4.23. The van der Waals surface area contributed by atoms with Crippen molar-refractivity contribution < 1.29 is 14.7 Å². The van der Waals surface area contributed by atoms with Gasteiger partial charge >= 0.3 is 0 Å². The number of carbonyl (C=O) groups is 2. The summed E-state index contributed by atoms with van der Waals surface area (Å²) in [5.41, 5.74) is 1.09. The third-order valence-electron chi connectivity index (χ3n) is 4.23. The Morgan fingerprint density at radius 3 is 2.33 bits per heavy atom. The summed E-state index contributed by atoms with van der Waals surface area (Å²) in [6.45, 7) is 4.22. The van der Waals surface area contributed by atoms with E-state index in [1.165, 1.54) is 0 Å². The second-order valence-electron chi connectivity index (χ2n) is 5.65. The Kier molecular flexibility index (Phi) is 4.94. The van der Waals surface area contributed by atoms with Crippen LogP contribution in [0.25, 0.3) is 5.76 Å². The Morgan fingerprint density at radius 2 is 1.71 bits per heavy atom. The van der Waals surface area contributed by atoms with E-state index < -0.39 is 11.6 Å². The van der Waals surface area contributed by atoms with Gasteiger partial charge in [-0.25, -0.2) is 0 Å². The maximum Gasteiger partial charge on any atom is 0.234 e. The SMILES string of the molecule is CCCCC(CC)CC1=C(O)c2ccccc2C(=O)C1=O. The quantitative estimate of drug-likeness (QED) is 0.792. The van der Waals surface area contributed by atoms with Gasteiger partial charge in [-0.2, -0.15) is 0 Å². The lowest BCUT2D eigenvalue weighted by molar-refractivity contribution is -0.112. The van der Waals surface area contributed by atoms with Gasteiger partial charge in [-0.1, -0.05) is 63.8 Å². The van der Waals surface area contributed by atoms with Crippen LogP contribution in [-0.2, 0) is 4.79 Å². The normalized spacial score (nSPS) is 16.1. The lowest BCUT2D eigenvalue weighted by Crippen LogP contribution is -2.25. The molecule has 0 saturated heterocycles. The molecule has 0 aliphatic heterocycles. The van der Waals surface area contributed by atoms with Gasteiger partial charge in [-0.05, 0) is 12.3 Å². The Labute approximate surface area is 125 Å². The molecule has 1 aromatic carbocycles. The van der Waals surface area contributed by atoms with Crippen molar-refractivity contribution in [3.05, 3.63) is 41.0 Å². The van der Waals surface area contributed by atoms with Gasteiger partial charge in [0.1, 0.15) is 5.76 Å². The lowest BCUT2D eigenvalue weighted by Gasteiger charge is -2.21. The average molecular weight is 286 g/mol. The second kappa shape index (κ2) is 6.70. The van der Waals surface area contributed by atoms with Crippen molar-refractivity contribution in [2.45, 2.75) is 46.0 Å². The zero-order chi connectivity index (χ0) is 15.4. The fourth-order valence-electron chi connectivity index (χ4n) is 2.84. The first-order valence-corrected chi connectivity index (χ1v) is 7.70. The largest absolute Gasteiger partial charge is 0.507 e. The number of aliphatic hydroxyl groups excluding tert-OH is 1. The standard InChI is InChI=1S/C18H22O3/c1-3-5-8-12(4-2)11-15-16(19)13-9-6-7-10-14(13)17(20)18(15)21/h6-7,9-10,12,19H,3-5,8,11H2,1-2H3. The number of carbonyl (C=O) groups excluding carboxylic acids is 2. The van der Waals surface area contributed by atoms with Gasteiger partial charge in [-0.15, -0.1) is 0 Å². The zero-order valence-electron chi connectivity index (χ0n) is 12.7. The van der Waals surface area contributed by atoms with Crippen LogP contribution in [0.1, 0.15) is 61.9 Å². The first kappa shape index (κ1) is 15.5. The molecule has 1 N–H and O–H groups in total. The van der Waals surface area contributed by atoms with Crippen molar-refractivity contribution in [2.75, 3.05) is 0 Å². The van der Waals surface area contributed by atoms with Crippen LogP contribution < -0.4 is 0 Å². The highest BCUT2D eigenvalue weighted by atomic mass is 16.3. The van der Waals surface area contributed by atoms with Crippen molar-refractivity contribution in [2.24, 2.45) is 5.92 Å². The molecule has 0 saturated carbocycles. The number of ketones is 2. The third kappa shape index (κ3) is 3.07. The van der Waals surface area contributed by atoms with Crippen molar-refractivity contribution in [1.82, 2.24) is 0 Å². The molecule has 0 aromatic heterocycles. The molecule has 0 bridgehead atoms. The molecule has 0 radical (unpaired) electrons. The molecule has 1 atom stereocenters. The summed E-state index contributed by atoms with van der Waals surface area (Å²) in [4.78, 5) is 24.4. The minimum atomic E-state index is -0.541. The molecule has 0 spiro atoms. The number of allylic oxidation sites excluding steroid dienone is 1.